The predicted octanol–water partition coefficient (Wildman–Crippen LogP) is 3.50. The van der Waals surface area contributed by atoms with Gasteiger partial charge in [-0.15, -0.1) is 11.3 Å². The van der Waals surface area contributed by atoms with Crippen LogP contribution in [0.4, 0.5) is 0 Å². The van der Waals surface area contributed by atoms with E-state index in [9.17, 15) is 0 Å². The molecule has 0 saturated carbocycles. The zero-order valence-electron chi connectivity index (χ0n) is 11.6. The van der Waals surface area contributed by atoms with Gasteiger partial charge in [0.2, 0.25) is 0 Å². The van der Waals surface area contributed by atoms with E-state index in [4.69, 9.17) is 0 Å². The van der Waals surface area contributed by atoms with Crippen molar-refractivity contribution in [1.29, 1.82) is 0 Å². The average Bonchev–Trinajstić information content (AvgIpc) is 2.79. The second kappa shape index (κ2) is 5.83. The van der Waals surface area contributed by atoms with E-state index in [-0.39, 0.29) is 0 Å². The van der Waals surface area contributed by atoms with Crippen LogP contribution in [-0.2, 0) is 0 Å². The third-order valence-corrected chi connectivity index (χ3v) is 4.77. The van der Waals surface area contributed by atoms with Crippen molar-refractivity contribution in [2.75, 3.05) is 20.6 Å². The summed E-state index contributed by atoms with van der Waals surface area (Å²) >= 11 is 1.89. The van der Waals surface area contributed by atoms with E-state index in [1.54, 1.807) is 0 Å². The third kappa shape index (κ3) is 3.10. The maximum Gasteiger partial charge on any atom is 0.0387 e. The Labute approximate surface area is 114 Å². The van der Waals surface area contributed by atoms with Gasteiger partial charge >= 0.3 is 0 Å². The number of likely N-dealkylation sites (N-methyl/N-ethyl adjacent to an activating group) is 1. The Hall–Kier alpha value is -0.900. The number of fused-ring (bicyclic) bond motifs is 1. The van der Waals surface area contributed by atoms with Crippen LogP contribution in [-0.4, -0.2) is 31.6 Å². The average molecular weight is 262 g/mol. The second-order valence-corrected chi connectivity index (χ2v) is 6.24. The number of nitrogens with one attached hydrogen (secondary N) is 1. The number of nitrogens with zero attached hydrogens (tertiary/aromatic N) is 1. The summed E-state index contributed by atoms with van der Waals surface area (Å²) in [5, 5.41) is 4.96. The Morgan fingerprint density at radius 2 is 1.94 bits per heavy atom. The van der Waals surface area contributed by atoms with Crippen LogP contribution >= 0.6 is 11.3 Å². The van der Waals surface area contributed by atoms with E-state index >= 15 is 0 Å². The first-order valence-corrected chi connectivity index (χ1v) is 7.28. The van der Waals surface area contributed by atoms with E-state index in [1.165, 1.54) is 15.0 Å². The molecule has 2 nitrogen and oxygen atoms in total. The van der Waals surface area contributed by atoms with Crippen molar-refractivity contribution in [3.8, 4) is 0 Å². The summed E-state index contributed by atoms with van der Waals surface area (Å²) in [5.74, 6) is 0. The van der Waals surface area contributed by atoms with Crippen molar-refractivity contribution in [2.45, 2.75) is 25.9 Å². The van der Waals surface area contributed by atoms with Crippen LogP contribution in [0.2, 0.25) is 0 Å². The smallest absolute Gasteiger partial charge is 0.0387 e. The van der Waals surface area contributed by atoms with Gasteiger partial charge in [-0.3, -0.25) is 0 Å². The van der Waals surface area contributed by atoms with E-state index in [2.05, 4.69) is 68.5 Å². The van der Waals surface area contributed by atoms with E-state index in [1.807, 2.05) is 11.3 Å². The number of hydrogen-bond donors (Lipinski definition) is 1. The van der Waals surface area contributed by atoms with Gasteiger partial charge in [0.05, 0.1) is 0 Å². The van der Waals surface area contributed by atoms with Crippen molar-refractivity contribution < 1.29 is 0 Å². The minimum Gasteiger partial charge on any atom is -0.308 e. The van der Waals surface area contributed by atoms with Crippen molar-refractivity contribution in [3.05, 3.63) is 35.2 Å². The summed E-state index contributed by atoms with van der Waals surface area (Å²) in [6.45, 7) is 5.50. The van der Waals surface area contributed by atoms with Crippen molar-refractivity contribution >= 4 is 21.4 Å². The molecule has 2 atom stereocenters. The quantitative estimate of drug-likeness (QED) is 0.887. The molecule has 0 fully saturated rings. The monoisotopic (exact) mass is 262 g/mol. The minimum absolute atomic E-state index is 0.421. The molecule has 1 N–H and O–H groups in total. The second-order valence-electron chi connectivity index (χ2n) is 5.13. The highest BCUT2D eigenvalue weighted by Gasteiger charge is 2.11. The summed E-state index contributed by atoms with van der Waals surface area (Å²) in [6, 6.07) is 11.9. The Morgan fingerprint density at radius 1 is 1.22 bits per heavy atom. The fraction of sp³-hybridized carbons (Fsp3) is 0.467. The molecule has 98 valence electrons. The topological polar surface area (TPSA) is 15.3 Å². The fourth-order valence-corrected chi connectivity index (χ4v) is 2.94. The predicted molar refractivity (Wildman–Crippen MR) is 81.4 cm³/mol. The van der Waals surface area contributed by atoms with Gasteiger partial charge < -0.3 is 10.2 Å². The highest BCUT2D eigenvalue weighted by atomic mass is 32.1. The summed E-state index contributed by atoms with van der Waals surface area (Å²) in [4.78, 5) is 3.66. The van der Waals surface area contributed by atoms with Gasteiger partial charge in [-0.05, 0) is 45.5 Å². The van der Waals surface area contributed by atoms with Gasteiger partial charge in [-0.2, -0.15) is 0 Å². The van der Waals surface area contributed by atoms with E-state index < -0.39 is 0 Å². The minimum atomic E-state index is 0.421. The Balaban J connectivity index is 2.02. The van der Waals surface area contributed by atoms with Crippen LogP contribution in [0.5, 0.6) is 0 Å². The molecule has 1 heterocycles. The Kier molecular flexibility index (Phi) is 4.38. The lowest BCUT2D eigenvalue weighted by Crippen LogP contribution is -2.36. The van der Waals surface area contributed by atoms with E-state index in [0.29, 0.717) is 12.1 Å². The summed E-state index contributed by atoms with van der Waals surface area (Å²) in [7, 11) is 4.24. The number of thiophene rings is 1. The normalized spacial score (nSPS) is 15.2. The van der Waals surface area contributed by atoms with Gasteiger partial charge in [0.1, 0.15) is 0 Å². The summed E-state index contributed by atoms with van der Waals surface area (Å²) < 4.78 is 1.38. The van der Waals surface area contributed by atoms with Crippen LogP contribution in [0.15, 0.2) is 30.3 Å². The SMILES string of the molecule is CC(NCC(C)N(C)C)c1cc2ccccc2s1. The molecule has 2 aromatic rings. The Morgan fingerprint density at radius 3 is 2.61 bits per heavy atom. The molecular formula is C15H22N2S. The molecule has 0 aliphatic rings. The van der Waals surface area contributed by atoms with Crippen molar-refractivity contribution in [3.63, 3.8) is 0 Å². The fourth-order valence-electron chi connectivity index (χ4n) is 1.85. The van der Waals surface area contributed by atoms with E-state index in [0.717, 1.165) is 6.54 Å². The lowest BCUT2D eigenvalue weighted by atomic mass is 10.2. The molecule has 1 aromatic carbocycles. The molecule has 0 bridgehead atoms. The van der Waals surface area contributed by atoms with Gasteiger partial charge in [0.25, 0.3) is 0 Å². The first-order valence-electron chi connectivity index (χ1n) is 6.46. The highest BCUT2D eigenvalue weighted by Crippen LogP contribution is 2.29. The molecule has 18 heavy (non-hydrogen) atoms. The molecule has 0 radical (unpaired) electrons. The summed E-state index contributed by atoms with van der Waals surface area (Å²) in [5.41, 5.74) is 0. The molecular weight excluding hydrogens is 240 g/mol. The number of benzene rings is 1. The molecule has 0 spiro atoms. The van der Waals surface area contributed by atoms with Crippen LogP contribution in [0.25, 0.3) is 10.1 Å². The van der Waals surface area contributed by atoms with Crippen LogP contribution in [0.3, 0.4) is 0 Å². The first kappa shape index (κ1) is 13.5. The van der Waals surface area contributed by atoms with Crippen molar-refractivity contribution in [2.24, 2.45) is 0 Å². The zero-order chi connectivity index (χ0) is 13.1. The molecule has 0 aliphatic heterocycles. The lowest BCUT2D eigenvalue weighted by molar-refractivity contribution is 0.296. The van der Waals surface area contributed by atoms with Crippen LogP contribution in [0, 0.1) is 0 Å². The van der Waals surface area contributed by atoms with Crippen LogP contribution < -0.4 is 5.32 Å². The first-order chi connectivity index (χ1) is 8.58. The standard InChI is InChI=1S/C15H22N2S/c1-11(17(3)4)10-16-12(2)15-9-13-7-5-6-8-14(13)18-15/h5-9,11-12,16H,10H2,1-4H3. The van der Waals surface area contributed by atoms with Gasteiger partial charge in [-0.1, -0.05) is 18.2 Å². The summed E-state index contributed by atoms with van der Waals surface area (Å²) in [6.07, 6.45) is 0. The van der Waals surface area contributed by atoms with Gasteiger partial charge in [-0.25, -0.2) is 0 Å². The Bertz CT molecular complexity index is 471. The highest BCUT2D eigenvalue weighted by molar-refractivity contribution is 7.19. The largest absolute Gasteiger partial charge is 0.308 e. The lowest BCUT2D eigenvalue weighted by Gasteiger charge is -2.22. The molecule has 2 unspecified atom stereocenters. The number of hydrogen-bond acceptors (Lipinski definition) is 3. The molecule has 0 saturated heterocycles. The van der Waals surface area contributed by atoms with Gasteiger partial charge in [0, 0.05) is 28.2 Å². The molecule has 0 amide bonds. The van der Waals surface area contributed by atoms with Crippen molar-refractivity contribution in [1.82, 2.24) is 10.2 Å². The number of rotatable bonds is 5. The molecule has 0 aliphatic carbocycles. The van der Waals surface area contributed by atoms with Crippen LogP contribution in [0.1, 0.15) is 24.8 Å². The molecule has 2 rings (SSSR count). The maximum absolute atomic E-state index is 3.61. The zero-order valence-corrected chi connectivity index (χ0v) is 12.4. The third-order valence-electron chi connectivity index (χ3n) is 3.47. The van der Waals surface area contributed by atoms with Gasteiger partial charge in [0.15, 0.2) is 0 Å². The molecule has 1 aromatic heterocycles. The molecule has 3 heteroatoms. The maximum atomic E-state index is 3.61.